The maximum atomic E-state index is 4.58. The van der Waals surface area contributed by atoms with Crippen molar-refractivity contribution >= 4 is 0 Å². The first-order valence-electron chi connectivity index (χ1n) is 7.61. The van der Waals surface area contributed by atoms with Crippen LogP contribution in [0.5, 0.6) is 0 Å². The lowest BCUT2D eigenvalue weighted by molar-refractivity contribution is 0.576. The Morgan fingerprint density at radius 2 is 1.75 bits per heavy atom. The molecule has 1 N–H and O–H groups in total. The Morgan fingerprint density at radius 1 is 1.00 bits per heavy atom. The SMILES string of the molecule is CCc1cc(CNCc2ccccc2CC)n(CC)n1. The Balaban J connectivity index is 1.97. The highest BCUT2D eigenvalue weighted by Crippen LogP contribution is 2.10. The molecule has 0 fully saturated rings. The molecule has 0 aliphatic rings. The zero-order valence-electron chi connectivity index (χ0n) is 12.8. The number of hydrogen-bond acceptors (Lipinski definition) is 2. The van der Waals surface area contributed by atoms with Crippen molar-refractivity contribution in [1.29, 1.82) is 0 Å². The summed E-state index contributed by atoms with van der Waals surface area (Å²) in [4.78, 5) is 0. The summed E-state index contributed by atoms with van der Waals surface area (Å²) in [7, 11) is 0. The molecule has 2 rings (SSSR count). The largest absolute Gasteiger partial charge is 0.307 e. The Kier molecular flexibility index (Phi) is 5.36. The standard InChI is InChI=1S/C17H25N3/c1-4-14-9-7-8-10-15(14)12-18-13-17-11-16(5-2)19-20(17)6-3/h7-11,18H,4-6,12-13H2,1-3H3. The minimum Gasteiger partial charge on any atom is -0.307 e. The molecular weight excluding hydrogens is 246 g/mol. The van der Waals surface area contributed by atoms with E-state index in [4.69, 9.17) is 0 Å². The van der Waals surface area contributed by atoms with E-state index in [1.165, 1.54) is 22.5 Å². The summed E-state index contributed by atoms with van der Waals surface area (Å²) in [6.45, 7) is 9.22. The highest BCUT2D eigenvalue weighted by molar-refractivity contribution is 5.26. The van der Waals surface area contributed by atoms with Gasteiger partial charge in [-0.3, -0.25) is 4.68 Å². The third-order valence-corrected chi connectivity index (χ3v) is 3.70. The van der Waals surface area contributed by atoms with Gasteiger partial charge < -0.3 is 5.32 Å². The number of benzene rings is 1. The quantitative estimate of drug-likeness (QED) is 0.837. The van der Waals surface area contributed by atoms with Gasteiger partial charge in [-0.05, 0) is 37.0 Å². The van der Waals surface area contributed by atoms with Crippen LogP contribution in [0.15, 0.2) is 30.3 Å². The Labute approximate surface area is 122 Å². The molecule has 0 radical (unpaired) electrons. The Bertz CT molecular complexity index is 543. The molecule has 0 amide bonds. The van der Waals surface area contributed by atoms with E-state index < -0.39 is 0 Å². The molecule has 0 aliphatic heterocycles. The lowest BCUT2D eigenvalue weighted by atomic mass is 10.1. The van der Waals surface area contributed by atoms with Gasteiger partial charge in [0.2, 0.25) is 0 Å². The Hall–Kier alpha value is -1.61. The summed E-state index contributed by atoms with van der Waals surface area (Å²) >= 11 is 0. The molecule has 0 atom stereocenters. The molecule has 0 unspecified atom stereocenters. The molecule has 20 heavy (non-hydrogen) atoms. The van der Waals surface area contributed by atoms with Crippen LogP contribution in [0.25, 0.3) is 0 Å². The first-order chi connectivity index (χ1) is 9.78. The van der Waals surface area contributed by atoms with E-state index in [1.54, 1.807) is 0 Å². The summed E-state index contributed by atoms with van der Waals surface area (Å²) in [6, 6.07) is 10.9. The second kappa shape index (κ2) is 7.25. The van der Waals surface area contributed by atoms with Gasteiger partial charge in [-0.2, -0.15) is 5.10 Å². The number of rotatable bonds is 7. The monoisotopic (exact) mass is 271 g/mol. The Morgan fingerprint density at radius 3 is 2.40 bits per heavy atom. The van der Waals surface area contributed by atoms with Crippen molar-refractivity contribution in [1.82, 2.24) is 15.1 Å². The average Bonchev–Trinajstić information content (AvgIpc) is 2.90. The number of aromatic nitrogens is 2. The van der Waals surface area contributed by atoms with Crippen LogP contribution in [0.3, 0.4) is 0 Å². The van der Waals surface area contributed by atoms with Crippen LogP contribution in [0.1, 0.15) is 43.3 Å². The zero-order valence-corrected chi connectivity index (χ0v) is 12.8. The van der Waals surface area contributed by atoms with E-state index in [-0.39, 0.29) is 0 Å². The van der Waals surface area contributed by atoms with Gasteiger partial charge in [0.05, 0.1) is 11.4 Å². The molecule has 1 aromatic carbocycles. The summed E-state index contributed by atoms with van der Waals surface area (Å²) in [5, 5.41) is 8.13. The number of hydrogen-bond donors (Lipinski definition) is 1. The maximum Gasteiger partial charge on any atom is 0.0625 e. The van der Waals surface area contributed by atoms with E-state index >= 15 is 0 Å². The van der Waals surface area contributed by atoms with E-state index in [9.17, 15) is 0 Å². The predicted molar refractivity (Wildman–Crippen MR) is 83.6 cm³/mol. The molecule has 1 aromatic heterocycles. The summed E-state index contributed by atoms with van der Waals surface area (Å²) < 4.78 is 2.09. The molecule has 2 aromatic rings. The van der Waals surface area contributed by atoms with Gasteiger partial charge >= 0.3 is 0 Å². The molecule has 0 saturated heterocycles. The maximum absolute atomic E-state index is 4.58. The fourth-order valence-electron chi connectivity index (χ4n) is 2.50. The second-order valence-corrected chi connectivity index (χ2v) is 5.02. The minimum atomic E-state index is 0.874. The van der Waals surface area contributed by atoms with Crippen molar-refractivity contribution in [2.45, 2.75) is 53.2 Å². The average molecular weight is 271 g/mol. The minimum absolute atomic E-state index is 0.874. The van der Waals surface area contributed by atoms with Crippen molar-refractivity contribution in [3.8, 4) is 0 Å². The lowest BCUT2D eigenvalue weighted by Gasteiger charge is -2.10. The summed E-state index contributed by atoms with van der Waals surface area (Å²) in [6.07, 6.45) is 2.09. The third-order valence-electron chi connectivity index (χ3n) is 3.70. The van der Waals surface area contributed by atoms with Crippen molar-refractivity contribution in [3.63, 3.8) is 0 Å². The molecule has 0 saturated carbocycles. The molecule has 0 spiro atoms. The fraction of sp³-hybridized carbons (Fsp3) is 0.471. The highest BCUT2D eigenvalue weighted by Gasteiger charge is 2.05. The number of nitrogens with one attached hydrogen (secondary N) is 1. The molecule has 0 aliphatic carbocycles. The first-order valence-corrected chi connectivity index (χ1v) is 7.61. The van der Waals surface area contributed by atoms with Gasteiger partial charge in [0.25, 0.3) is 0 Å². The van der Waals surface area contributed by atoms with E-state index in [0.29, 0.717) is 0 Å². The van der Waals surface area contributed by atoms with Crippen molar-refractivity contribution < 1.29 is 0 Å². The molecular formula is C17H25N3. The van der Waals surface area contributed by atoms with Crippen molar-refractivity contribution in [2.24, 2.45) is 0 Å². The van der Waals surface area contributed by atoms with E-state index in [0.717, 1.165) is 32.5 Å². The fourth-order valence-corrected chi connectivity index (χ4v) is 2.50. The smallest absolute Gasteiger partial charge is 0.0625 e. The van der Waals surface area contributed by atoms with Crippen LogP contribution in [0.2, 0.25) is 0 Å². The van der Waals surface area contributed by atoms with Crippen molar-refractivity contribution in [3.05, 3.63) is 52.8 Å². The summed E-state index contributed by atoms with van der Waals surface area (Å²) in [5.41, 5.74) is 5.28. The summed E-state index contributed by atoms with van der Waals surface area (Å²) in [5.74, 6) is 0. The second-order valence-electron chi connectivity index (χ2n) is 5.02. The third kappa shape index (κ3) is 3.48. The lowest BCUT2D eigenvalue weighted by Crippen LogP contribution is -2.17. The van der Waals surface area contributed by atoms with Crippen molar-refractivity contribution in [2.75, 3.05) is 0 Å². The predicted octanol–water partition coefficient (Wildman–Crippen LogP) is 3.32. The topological polar surface area (TPSA) is 29.9 Å². The van der Waals surface area contributed by atoms with Gasteiger partial charge in [-0.15, -0.1) is 0 Å². The van der Waals surface area contributed by atoms with Gasteiger partial charge in [0.1, 0.15) is 0 Å². The molecule has 108 valence electrons. The number of aryl methyl sites for hydroxylation is 3. The van der Waals surface area contributed by atoms with Gasteiger partial charge in [-0.1, -0.05) is 38.1 Å². The zero-order chi connectivity index (χ0) is 14.4. The van der Waals surface area contributed by atoms with Gasteiger partial charge in [0.15, 0.2) is 0 Å². The molecule has 0 bridgehead atoms. The molecule has 1 heterocycles. The normalized spacial score (nSPS) is 10.9. The molecule has 3 nitrogen and oxygen atoms in total. The van der Waals surface area contributed by atoms with Crippen LogP contribution in [0, 0.1) is 0 Å². The number of nitrogens with zero attached hydrogens (tertiary/aromatic N) is 2. The first kappa shape index (κ1) is 14.8. The molecule has 3 heteroatoms. The van der Waals surface area contributed by atoms with Crippen LogP contribution < -0.4 is 5.32 Å². The van der Waals surface area contributed by atoms with Gasteiger partial charge in [0, 0.05) is 19.6 Å². The van der Waals surface area contributed by atoms with Crippen LogP contribution in [-0.2, 0) is 32.5 Å². The van der Waals surface area contributed by atoms with Gasteiger partial charge in [-0.25, -0.2) is 0 Å². The van der Waals surface area contributed by atoms with Crippen LogP contribution in [-0.4, -0.2) is 9.78 Å². The van der Waals surface area contributed by atoms with E-state index in [1.807, 2.05) is 0 Å². The van der Waals surface area contributed by atoms with Crippen LogP contribution in [0.4, 0.5) is 0 Å². The van der Waals surface area contributed by atoms with Crippen LogP contribution >= 0.6 is 0 Å². The highest BCUT2D eigenvalue weighted by atomic mass is 15.3. The van der Waals surface area contributed by atoms with E-state index in [2.05, 4.69) is 66.2 Å².